The van der Waals surface area contributed by atoms with Crippen LogP contribution in [0.4, 0.5) is 5.69 Å². The number of carbonyl (C=O) groups is 1. The Bertz CT molecular complexity index is 827. The van der Waals surface area contributed by atoms with Crippen LogP contribution >= 0.6 is 0 Å². The van der Waals surface area contributed by atoms with Gasteiger partial charge in [-0.15, -0.1) is 5.10 Å². The van der Waals surface area contributed by atoms with Crippen molar-refractivity contribution in [2.45, 2.75) is 13.5 Å². The van der Waals surface area contributed by atoms with Crippen molar-refractivity contribution in [3.05, 3.63) is 46.8 Å². The third kappa shape index (κ3) is 2.09. The van der Waals surface area contributed by atoms with E-state index in [4.69, 9.17) is 0 Å². The lowest BCUT2D eigenvalue weighted by atomic mass is 10.2. The number of rotatable bonds is 3. The summed E-state index contributed by atoms with van der Waals surface area (Å²) in [6.07, 6.45) is 2.00. The lowest BCUT2D eigenvalue weighted by Crippen LogP contribution is -2.14. The molecule has 0 saturated heterocycles. The van der Waals surface area contributed by atoms with Crippen LogP contribution in [0.5, 0.6) is 0 Å². The number of nitrogens with zero attached hydrogens (tertiary/aromatic N) is 2. The van der Waals surface area contributed by atoms with E-state index in [1.807, 2.05) is 30.5 Å². The third-order valence-corrected chi connectivity index (χ3v) is 3.09. The quantitative estimate of drug-likeness (QED) is 0.670. The summed E-state index contributed by atoms with van der Waals surface area (Å²) in [4.78, 5) is 25.1. The Labute approximate surface area is 113 Å². The van der Waals surface area contributed by atoms with Gasteiger partial charge in [-0.1, -0.05) is 6.07 Å². The summed E-state index contributed by atoms with van der Waals surface area (Å²) >= 11 is 0. The number of benzene rings is 1. The van der Waals surface area contributed by atoms with Gasteiger partial charge in [-0.2, -0.15) is 0 Å². The fourth-order valence-electron chi connectivity index (χ4n) is 2.11. The van der Waals surface area contributed by atoms with E-state index in [1.165, 1.54) is 0 Å². The monoisotopic (exact) mass is 271 g/mol. The number of hydrogen-bond acceptors (Lipinski definition) is 3. The number of aromatic nitrogens is 4. The van der Waals surface area contributed by atoms with E-state index in [2.05, 4.69) is 32.0 Å². The lowest BCUT2D eigenvalue weighted by Gasteiger charge is -2.05. The molecule has 2 heterocycles. The van der Waals surface area contributed by atoms with Crippen molar-refractivity contribution < 1.29 is 4.79 Å². The molecular formula is C13H13N5O2. The number of hydrogen-bond donors (Lipinski definition) is 3. The van der Waals surface area contributed by atoms with Crippen LogP contribution in [0.1, 0.15) is 17.5 Å². The van der Waals surface area contributed by atoms with Crippen LogP contribution in [-0.2, 0) is 6.54 Å². The maximum Gasteiger partial charge on any atom is 0.341 e. The van der Waals surface area contributed by atoms with Crippen LogP contribution in [0, 0.1) is 0 Å². The third-order valence-electron chi connectivity index (χ3n) is 3.09. The van der Waals surface area contributed by atoms with Crippen molar-refractivity contribution >= 4 is 22.5 Å². The maximum absolute atomic E-state index is 11.9. The molecule has 0 radical (unpaired) electrons. The molecule has 7 nitrogen and oxygen atoms in total. The summed E-state index contributed by atoms with van der Waals surface area (Å²) in [5.74, 6) is -0.502. The highest BCUT2D eigenvalue weighted by Crippen LogP contribution is 2.20. The van der Waals surface area contributed by atoms with Crippen molar-refractivity contribution in [2.24, 2.45) is 0 Å². The second-order valence-electron chi connectivity index (χ2n) is 4.36. The Morgan fingerprint density at radius 2 is 2.25 bits per heavy atom. The van der Waals surface area contributed by atoms with Crippen LogP contribution in [0.25, 0.3) is 10.9 Å². The molecule has 1 aromatic carbocycles. The zero-order valence-electron chi connectivity index (χ0n) is 10.8. The minimum atomic E-state index is -0.509. The molecule has 7 heteroatoms. The number of anilines is 1. The van der Waals surface area contributed by atoms with Crippen molar-refractivity contribution in [2.75, 3.05) is 5.32 Å². The number of aromatic amines is 2. The zero-order chi connectivity index (χ0) is 14.1. The standard InChI is InChI=1S/C13H13N5O2/c1-2-18-6-5-8-3-4-9(7-10(8)18)14-12(19)11-15-13(20)17-16-11/h3-7H,2H2,1H3,(H,14,19)(H2,15,16,17,20). The Kier molecular flexibility index (Phi) is 2.86. The van der Waals surface area contributed by atoms with Crippen LogP contribution in [0.2, 0.25) is 0 Å². The molecule has 0 unspecified atom stereocenters. The van der Waals surface area contributed by atoms with E-state index in [1.54, 1.807) is 0 Å². The molecule has 0 atom stereocenters. The van der Waals surface area contributed by atoms with E-state index in [0.717, 1.165) is 17.4 Å². The van der Waals surface area contributed by atoms with Gasteiger partial charge in [-0.05, 0) is 30.5 Å². The summed E-state index contributed by atoms with van der Waals surface area (Å²) in [5.41, 5.74) is 1.19. The molecule has 2 aromatic heterocycles. The minimum Gasteiger partial charge on any atom is -0.348 e. The first-order valence-electron chi connectivity index (χ1n) is 6.22. The summed E-state index contributed by atoms with van der Waals surface area (Å²) in [5, 5.41) is 9.55. The summed E-state index contributed by atoms with van der Waals surface area (Å²) in [6.45, 7) is 2.91. The smallest absolute Gasteiger partial charge is 0.341 e. The first kappa shape index (κ1) is 12.2. The minimum absolute atomic E-state index is 0.0408. The van der Waals surface area contributed by atoms with Gasteiger partial charge >= 0.3 is 5.69 Å². The highest BCUT2D eigenvalue weighted by atomic mass is 16.2. The van der Waals surface area contributed by atoms with Crippen molar-refractivity contribution in [1.29, 1.82) is 0 Å². The average Bonchev–Trinajstić information content (AvgIpc) is 3.04. The normalized spacial score (nSPS) is 10.8. The van der Waals surface area contributed by atoms with Gasteiger partial charge in [-0.25, -0.2) is 9.89 Å². The van der Waals surface area contributed by atoms with Crippen LogP contribution in [0.3, 0.4) is 0 Å². The van der Waals surface area contributed by atoms with E-state index < -0.39 is 11.6 Å². The second-order valence-corrected chi connectivity index (χ2v) is 4.36. The number of aryl methyl sites for hydroxylation is 1. The predicted molar refractivity (Wildman–Crippen MR) is 74.8 cm³/mol. The number of H-pyrrole nitrogens is 2. The van der Waals surface area contributed by atoms with Gasteiger partial charge < -0.3 is 9.88 Å². The molecule has 102 valence electrons. The molecule has 3 N–H and O–H groups in total. The highest BCUT2D eigenvalue weighted by Gasteiger charge is 2.11. The molecule has 3 aromatic rings. The molecular weight excluding hydrogens is 258 g/mol. The number of carbonyl (C=O) groups excluding carboxylic acids is 1. The van der Waals surface area contributed by atoms with Gasteiger partial charge in [0, 0.05) is 18.4 Å². The fraction of sp³-hybridized carbons (Fsp3) is 0.154. The van der Waals surface area contributed by atoms with Gasteiger partial charge in [0.05, 0.1) is 5.52 Å². The molecule has 0 saturated carbocycles. The van der Waals surface area contributed by atoms with E-state index in [-0.39, 0.29) is 5.82 Å². The average molecular weight is 271 g/mol. The van der Waals surface area contributed by atoms with E-state index in [9.17, 15) is 9.59 Å². The Morgan fingerprint density at radius 1 is 1.40 bits per heavy atom. The van der Waals surface area contributed by atoms with Crippen molar-refractivity contribution in [1.82, 2.24) is 19.7 Å². The SMILES string of the molecule is CCn1ccc2ccc(NC(=O)c3n[nH]c(=O)[nH]3)cc21. The first-order chi connectivity index (χ1) is 9.67. The van der Waals surface area contributed by atoms with Crippen LogP contribution in [0.15, 0.2) is 35.3 Å². The summed E-state index contributed by atoms with van der Waals surface area (Å²) in [6, 6.07) is 7.66. The van der Waals surface area contributed by atoms with Gasteiger partial charge in [-0.3, -0.25) is 9.78 Å². The van der Waals surface area contributed by atoms with Crippen LogP contribution in [-0.4, -0.2) is 25.7 Å². The van der Waals surface area contributed by atoms with Gasteiger partial charge in [0.15, 0.2) is 0 Å². The Hall–Kier alpha value is -2.83. The topological polar surface area (TPSA) is 95.6 Å². The first-order valence-corrected chi connectivity index (χ1v) is 6.22. The fourth-order valence-corrected chi connectivity index (χ4v) is 2.11. The van der Waals surface area contributed by atoms with Gasteiger partial charge in [0.25, 0.3) is 5.91 Å². The number of nitrogens with one attached hydrogen (secondary N) is 3. The van der Waals surface area contributed by atoms with Gasteiger partial charge in [0.2, 0.25) is 5.82 Å². The molecule has 0 bridgehead atoms. The van der Waals surface area contributed by atoms with Crippen LogP contribution < -0.4 is 11.0 Å². The largest absolute Gasteiger partial charge is 0.348 e. The molecule has 0 aliphatic rings. The van der Waals surface area contributed by atoms with Gasteiger partial charge in [0.1, 0.15) is 0 Å². The second kappa shape index (κ2) is 4.69. The summed E-state index contributed by atoms with van der Waals surface area (Å²) < 4.78 is 2.08. The number of fused-ring (bicyclic) bond motifs is 1. The van der Waals surface area contributed by atoms with Crippen molar-refractivity contribution in [3.8, 4) is 0 Å². The summed E-state index contributed by atoms with van der Waals surface area (Å²) in [7, 11) is 0. The molecule has 0 aliphatic carbocycles. The molecule has 20 heavy (non-hydrogen) atoms. The molecule has 1 amide bonds. The molecule has 0 fully saturated rings. The number of amides is 1. The molecule has 0 spiro atoms. The zero-order valence-corrected chi connectivity index (χ0v) is 10.8. The Morgan fingerprint density at radius 3 is 2.95 bits per heavy atom. The van der Waals surface area contributed by atoms with E-state index >= 15 is 0 Å². The van der Waals surface area contributed by atoms with Crippen molar-refractivity contribution in [3.63, 3.8) is 0 Å². The molecule has 0 aliphatic heterocycles. The molecule has 3 rings (SSSR count). The Balaban J connectivity index is 1.90. The maximum atomic E-state index is 11.9. The predicted octanol–water partition coefficient (Wildman–Crippen LogP) is 1.32. The van der Waals surface area contributed by atoms with E-state index in [0.29, 0.717) is 5.69 Å². The highest BCUT2D eigenvalue weighted by molar-refractivity contribution is 6.02. The lowest BCUT2D eigenvalue weighted by molar-refractivity contribution is 0.101.